The van der Waals surface area contributed by atoms with Gasteiger partial charge in [-0.15, -0.1) is 23.2 Å². The van der Waals surface area contributed by atoms with Crippen molar-refractivity contribution in [3.8, 4) is 0 Å². The van der Waals surface area contributed by atoms with Crippen molar-refractivity contribution in [2.75, 3.05) is 6.61 Å². The Labute approximate surface area is 70.8 Å². The number of hydrogen-bond acceptors (Lipinski definition) is 2. The van der Waals surface area contributed by atoms with Gasteiger partial charge in [-0.1, -0.05) is 0 Å². The summed E-state index contributed by atoms with van der Waals surface area (Å²) in [6.45, 7) is 1.56. The van der Waals surface area contributed by atoms with E-state index in [0.717, 1.165) is 0 Å². The lowest BCUT2D eigenvalue weighted by Crippen LogP contribution is -2.23. The van der Waals surface area contributed by atoms with Gasteiger partial charge in [0.1, 0.15) is 0 Å². The first-order valence-corrected chi connectivity index (χ1v) is 4.02. The predicted molar refractivity (Wildman–Crippen MR) is 42.7 cm³/mol. The Morgan fingerprint density at radius 1 is 1.40 bits per heavy atom. The summed E-state index contributed by atoms with van der Waals surface area (Å²) in [5.74, 6) is 0. The third kappa shape index (κ3) is 4.34. The van der Waals surface area contributed by atoms with Crippen LogP contribution in [0.3, 0.4) is 0 Å². The van der Waals surface area contributed by atoms with Crippen LogP contribution in [-0.2, 0) is 0 Å². The molecule has 1 unspecified atom stereocenters. The molecule has 0 fully saturated rings. The molecule has 0 aromatic heterocycles. The van der Waals surface area contributed by atoms with Gasteiger partial charge in [0, 0.05) is 0 Å². The summed E-state index contributed by atoms with van der Waals surface area (Å²) >= 11 is 11.1. The number of aliphatic hydroxyl groups is 2. The molecule has 0 bridgehead atoms. The fraction of sp³-hybridized carbons (Fsp3) is 1.00. The second-order valence-electron chi connectivity index (χ2n) is 2.26. The van der Waals surface area contributed by atoms with Crippen molar-refractivity contribution in [1.29, 1.82) is 0 Å². The summed E-state index contributed by atoms with van der Waals surface area (Å²) in [4.78, 5) is 0. The molecule has 0 aliphatic carbocycles. The lowest BCUT2D eigenvalue weighted by atomic mass is 10.1. The molecule has 0 spiro atoms. The fourth-order valence-electron chi connectivity index (χ4n) is 0.524. The SMILES string of the molecule is C[C@H](Cl)C(O)C[C@@H](Cl)CO. The van der Waals surface area contributed by atoms with Crippen LogP contribution in [0.2, 0.25) is 0 Å². The standard InChI is InChI=1S/C6H12Cl2O2/c1-4(7)6(10)2-5(8)3-9/h4-6,9-10H,2-3H2,1H3/t4-,5+,6?/m0/s1. The Bertz CT molecular complexity index is 87.8. The maximum atomic E-state index is 9.10. The van der Waals surface area contributed by atoms with E-state index in [4.69, 9.17) is 33.4 Å². The van der Waals surface area contributed by atoms with Crippen LogP contribution < -0.4 is 0 Å². The van der Waals surface area contributed by atoms with Crippen molar-refractivity contribution >= 4 is 23.2 Å². The highest BCUT2D eigenvalue weighted by molar-refractivity contribution is 6.21. The Morgan fingerprint density at radius 3 is 2.20 bits per heavy atom. The van der Waals surface area contributed by atoms with Crippen molar-refractivity contribution in [3.05, 3.63) is 0 Å². The quantitative estimate of drug-likeness (QED) is 0.643. The van der Waals surface area contributed by atoms with Crippen molar-refractivity contribution in [3.63, 3.8) is 0 Å². The zero-order chi connectivity index (χ0) is 8.15. The average molecular weight is 187 g/mol. The maximum absolute atomic E-state index is 9.10. The minimum Gasteiger partial charge on any atom is -0.395 e. The first kappa shape index (κ1) is 10.5. The van der Waals surface area contributed by atoms with Gasteiger partial charge < -0.3 is 10.2 Å². The second-order valence-corrected chi connectivity index (χ2v) is 3.57. The molecule has 0 amide bonds. The van der Waals surface area contributed by atoms with E-state index in [1.807, 2.05) is 0 Å². The Morgan fingerprint density at radius 2 is 1.90 bits per heavy atom. The molecule has 0 heterocycles. The van der Waals surface area contributed by atoms with Crippen molar-refractivity contribution in [2.45, 2.75) is 30.2 Å². The van der Waals surface area contributed by atoms with Gasteiger partial charge in [-0.3, -0.25) is 0 Å². The first-order valence-electron chi connectivity index (χ1n) is 3.15. The number of rotatable bonds is 4. The fourth-order valence-corrected chi connectivity index (χ4v) is 0.810. The lowest BCUT2D eigenvalue weighted by Gasteiger charge is -2.14. The van der Waals surface area contributed by atoms with Gasteiger partial charge >= 0.3 is 0 Å². The Balaban J connectivity index is 3.46. The van der Waals surface area contributed by atoms with E-state index < -0.39 is 11.5 Å². The molecule has 0 aliphatic rings. The summed E-state index contributed by atoms with van der Waals surface area (Å²) in [6.07, 6.45) is -0.292. The van der Waals surface area contributed by atoms with E-state index in [1.165, 1.54) is 0 Å². The summed E-state index contributed by atoms with van der Waals surface area (Å²) < 4.78 is 0. The van der Waals surface area contributed by atoms with Gasteiger partial charge in [-0.2, -0.15) is 0 Å². The molecule has 4 heteroatoms. The molecule has 10 heavy (non-hydrogen) atoms. The van der Waals surface area contributed by atoms with Gasteiger partial charge in [0.05, 0.1) is 23.5 Å². The van der Waals surface area contributed by atoms with E-state index in [0.29, 0.717) is 6.42 Å². The highest BCUT2D eigenvalue weighted by atomic mass is 35.5. The van der Waals surface area contributed by atoms with Crippen LogP contribution >= 0.6 is 23.2 Å². The minimum atomic E-state index is -0.628. The van der Waals surface area contributed by atoms with Gasteiger partial charge in [-0.25, -0.2) is 0 Å². The summed E-state index contributed by atoms with van der Waals surface area (Å²) in [7, 11) is 0. The third-order valence-electron chi connectivity index (χ3n) is 1.23. The highest BCUT2D eigenvalue weighted by Crippen LogP contribution is 2.11. The van der Waals surface area contributed by atoms with Crippen LogP contribution in [0.5, 0.6) is 0 Å². The van der Waals surface area contributed by atoms with E-state index >= 15 is 0 Å². The monoisotopic (exact) mass is 186 g/mol. The molecular formula is C6H12Cl2O2. The van der Waals surface area contributed by atoms with Gasteiger partial charge in [0.25, 0.3) is 0 Å². The van der Waals surface area contributed by atoms with E-state index in [1.54, 1.807) is 6.92 Å². The molecule has 0 aromatic rings. The van der Waals surface area contributed by atoms with E-state index in [-0.39, 0.29) is 12.0 Å². The molecular weight excluding hydrogens is 175 g/mol. The van der Waals surface area contributed by atoms with Crippen LogP contribution in [0.25, 0.3) is 0 Å². The van der Waals surface area contributed by atoms with Crippen molar-refractivity contribution in [2.24, 2.45) is 0 Å². The molecule has 0 rings (SSSR count). The molecule has 0 saturated heterocycles. The number of hydrogen-bond donors (Lipinski definition) is 2. The van der Waals surface area contributed by atoms with Crippen LogP contribution in [0.4, 0.5) is 0 Å². The molecule has 2 nitrogen and oxygen atoms in total. The van der Waals surface area contributed by atoms with Crippen LogP contribution in [0, 0.1) is 0 Å². The van der Waals surface area contributed by atoms with Crippen LogP contribution in [-0.4, -0.2) is 33.7 Å². The average Bonchev–Trinajstić information content (AvgIpc) is 1.87. The Hall–Kier alpha value is 0.500. The summed E-state index contributed by atoms with van der Waals surface area (Å²) in [5.41, 5.74) is 0. The molecule has 0 aromatic carbocycles. The number of halogens is 2. The largest absolute Gasteiger partial charge is 0.395 e. The smallest absolute Gasteiger partial charge is 0.0715 e. The zero-order valence-corrected chi connectivity index (χ0v) is 7.31. The zero-order valence-electron chi connectivity index (χ0n) is 5.80. The van der Waals surface area contributed by atoms with Crippen LogP contribution in [0.1, 0.15) is 13.3 Å². The maximum Gasteiger partial charge on any atom is 0.0715 e. The topological polar surface area (TPSA) is 40.5 Å². The molecule has 0 saturated carbocycles. The molecule has 0 aliphatic heterocycles. The van der Waals surface area contributed by atoms with Crippen LogP contribution in [0.15, 0.2) is 0 Å². The third-order valence-corrected chi connectivity index (χ3v) is 1.83. The first-order chi connectivity index (χ1) is 4.57. The minimum absolute atomic E-state index is 0.123. The molecule has 62 valence electrons. The van der Waals surface area contributed by atoms with E-state index in [9.17, 15) is 0 Å². The number of alkyl halides is 2. The van der Waals surface area contributed by atoms with Crippen molar-refractivity contribution in [1.82, 2.24) is 0 Å². The van der Waals surface area contributed by atoms with Gasteiger partial charge in [0.15, 0.2) is 0 Å². The van der Waals surface area contributed by atoms with Gasteiger partial charge in [-0.05, 0) is 13.3 Å². The van der Waals surface area contributed by atoms with Crippen molar-refractivity contribution < 1.29 is 10.2 Å². The highest BCUT2D eigenvalue weighted by Gasteiger charge is 2.15. The summed E-state index contributed by atoms with van der Waals surface area (Å²) in [6, 6.07) is 0. The second kappa shape index (κ2) is 5.19. The normalized spacial score (nSPS) is 20.1. The number of aliphatic hydroxyl groups excluding tert-OH is 2. The summed E-state index contributed by atoms with van der Waals surface area (Å²) in [5, 5.41) is 16.9. The van der Waals surface area contributed by atoms with Gasteiger partial charge in [0.2, 0.25) is 0 Å². The molecule has 2 N–H and O–H groups in total. The Kier molecular flexibility index (Phi) is 5.45. The molecule has 3 atom stereocenters. The van der Waals surface area contributed by atoms with E-state index in [2.05, 4.69) is 0 Å². The predicted octanol–water partition coefficient (Wildman–Crippen LogP) is 0.964. The molecule has 0 radical (unpaired) electrons. The lowest BCUT2D eigenvalue weighted by molar-refractivity contribution is 0.151.